The van der Waals surface area contributed by atoms with Crippen LogP contribution < -0.4 is 10.6 Å². The molecule has 1 aromatic carbocycles. The van der Waals surface area contributed by atoms with Crippen LogP contribution in [0.15, 0.2) is 29.4 Å². The van der Waals surface area contributed by atoms with Crippen LogP contribution in [-0.4, -0.2) is 33.6 Å². The van der Waals surface area contributed by atoms with Crippen LogP contribution in [0.5, 0.6) is 0 Å². The molecule has 2 N–H and O–H groups in total. The lowest BCUT2D eigenvalue weighted by Gasteiger charge is -2.23. The van der Waals surface area contributed by atoms with Gasteiger partial charge in [0.2, 0.25) is 5.91 Å². The maximum atomic E-state index is 12.6. The van der Waals surface area contributed by atoms with Crippen LogP contribution in [0.2, 0.25) is 5.02 Å². The molecule has 1 aliphatic rings. The second-order valence-corrected chi connectivity index (χ2v) is 8.62. The van der Waals surface area contributed by atoms with Gasteiger partial charge in [-0.3, -0.25) is 9.59 Å². The summed E-state index contributed by atoms with van der Waals surface area (Å²) in [6.07, 6.45) is 5.49. The summed E-state index contributed by atoms with van der Waals surface area (Å²) in [4.78, 5) is 33.6. The topological polar surface area (TPSA) is 84.0 Å². The molecule has 2 amide bonds. The molecule has 6 nitrogen and oxygen atoms in total. The zero-order valence-electron chi connectivity index (χ0n) is 16.6. The van der Waals surface area contributed by atoms with Crippen molar-refractivity contribution in [2.45, 2.75) is 57.1 Å². The van der Waals surface area contributed by atoms with Crippen LogP contribution in [0.25, 0.3) is 0 Å². The third-order valence-corrected chi connectivity index (χ3v) is 5.91. The summed E-state index contributed by atoms with van der Waals surface area (Å²) in [5.74, 6) is -0.218. The average Bonchev–Trinajstić information content (AvgIpc) is 2.68. The zero-order chi connectivity index (χ0) is 20.8. The molecule has 1 saturated carbocycles. The highest BCUT2D eigenvalue weighted by atomic mass is 35.5. The van der Waals surface area contributed by atoms with Crippen molar-refractivity contribution in [3.05, 3.63) is 46.2 Å². The first-order valence-electron chi connectivity index (χ1n) is 9.76. The summed E-state index contributed by atoms with van der Waals surface area (Å²) >= 11 is 7.50. The lowest BCUT2D eigenvalue weighted by atomic mass is 9.95. The predicted molar refractivity (Wildman–Crippen MR) is 117 cm³/mol. The normalized spacial score (nSPS) is 14.4. The molecule has 0 bridgehead atoms. The van der Waals surface area contributed by atoms with Crippen LogP contribution in [-0.2, 0) is 4.79 Å². The van der Waals surface area contributed by atoms with Crippen molar-refractivity contribution in [2.75, 3.05) is 11.1 Å². The maximum Gasteiger partial charge on any atom is 0.253 e. The highest BCUT2D eigenvalue weighted by molar-refractivity contribution is 7.99. The van der Waals surface area contributed by atoms with Gasteiger partial charge in [-0.25, -0.2) is 9.97 Å². The minimum absolute atomic E-state index is 0.176. The Balaban J connectivity index is 1.59. The van der Waals surface area contributed by atoms with E-state index in [9.17, 15) is 9.59 Å². The smallest absolute Gasteiger partial charge is 0.253 e. The molecule has 0 saturated heterocycles. The largest absolute Gasteiger partial charge is 0.349 e. The fraction of sp³-hybridized carbons (Fsp3) is 0.429. The lowest BCUT2D eigenvalue weighted by Crippen LogP contribution is -2.36. The number of rotatable bonds is 6. The molecule has 8 heteroatoms. The van der Waals surface area contributed by atoms with E-state index in [4.69, 9.17) is 11.6 Å². The summed E-state index contributed by atoms with van der Waals surface area (Å²) in [5, 5.41) is 6.81. The molecule has 1 heterocycles. The van der Waals surface area contributed by atoms with Gasteiger partial charge in [0, 0.05) is 23.1 Å². The monoisotopic (exact) mass is 432 g/mol. The molecule has 1 aromatic heterocycles. The summed E-state index contributed by atoms with van der Waals surface area (Å²) in [6, 6.07) is 7.02. The Morgan fingerprint density at radius 3 is 2.48 bits per heavy atom. The fourth-order valence-electron chi connectivity index (χ4n) is 3.37. The van der Waals surface area contributed by atoms with Gasteiger partial charge in [0.25, 0.3) is 5.91 Å². The van der Waals surface area contributed by atoms with E-state index in [0.717, 1.165) is 37.1 Å². The van der Waals surface area contributed by atoms with Crippen LogP contribution in [0.1, 0.15) is 53.8 Å². The summed E-state index contributed by atoms with van der Waals surface area (Å²) in [5.41, 5.74) is 2.65. The van der Waals surface area contributed by atoms with E-state index < -0.39 is 0 Å². The Bertz CT molecular complexity index is 880. The van der Waals surface area contributed by atoms with Crippen LogP contribution in [0, 0.1) is 13.8 Å². The molecule has 3 rings (SSSR count). The first kappa shape index (κ1) is 21.6. The standard InChI is InChI=1S/C21H25ClN4O2S/c1-13-10-14(2)24-21(23-13)29-12-19(27)25-16-8-9-18(22)17(11-16)20(28)26-15-6-4-3-5-7-15/h8-11,15H,3-7,12H2,1-2H3,(H,25,27)(H,26,28). The number of nitrogens with one attached hydrogen (secondary N) is 2. The minimum atomic E-state index is -0.198. The molecular formula is C21H25ClN4O2S. The van der Waals surface area contributed by atoms with Gasteiger partial charge < -0.3 is 10.6 Å². The Morgan fingerprint density at radius 2 is 1.79 bits per heavy atom. The van der Waals surface area contributed by atoms with Gasteiger partial charge in [-0.15, -0.1) is 0 Å². The number of benzene rings is 1. The predicted octanol–water partition coefficient (Wildman–Crippen LogP) is 4.54. The second-order valence-electron chi connectivity index (χ2n) is 7.27. The van der Waals surface area contributed by atoms with Gasteiger partial charge in [0.05, 0.1) is 16.3 Å². The van der Waals surface area contributed by atoms with Gasteiger partial charge >= 0.3 is 0 Å². The summed E-state index contributed by atoms with van der Waals surface area (Å²) in [7, 11) is 0. The van der Waals surface area contributed by atoms with Gasteiger partial charge in [0.1, 0.15) is 0 Å². The number of carbonyl (C=O) groups is 2. The van der Waals surface area contributed by atoms with Crippen molar-refractivity contribution >= 4 is 40.9 Å². The molecule has 154 valence electrons. The third kappa shape index (κ3) is 6.44. The number of nitrogens with zero attached hydrogens (tertiary/aromatic N) is 2. The number of hydrogen-bond acceptors (Lipinski definition) is 5. The second kappa shape index (κ2) is 10.1. The van der Waals surface area contributed by atoms with Crippen LogP contribution >= 0.6 is 23.4 Å². The van der Waals surface area contributed by atoms with Crippen molar-refractivity contribution < 1.29 is 9.59 Å². The van der Waals surface area contributed by atoms with Crippen molar-refractivity contribution in [3.8, 4) is 0 Å². The molecule has 0 unspecified atom stereocenters. The third-order valence-electron chi connectivity index (χ3n) is 4.73. The number of anilines is 1. The molecule has 0 spiro atoms. The number of aryl methyl sites for hydroxylation is 2. The van der Waals surface area contributed by atoms with E-state index in [1.165, 1.54) is 18.2 Å². The number of halogens is 1. The zero-order valence-corrected chi connectivity index (χ0v) is 18.2. The molecular weight excluding hydrogens is 408 g/mol. The van der Waals surface area contributed by atoms with Crippen molar-refractivity contribution in [1.82, 2.24) is 15.3 Å². The van der Waals surface area contributed by atoms with E-state index >= 15 is 0 Å². The van der Waals surface area contributed by atoms with Gasteiger partial charge in [-0.05, 0) is 51.0 Å². The Morgan fingerprint density at radius 1 is 1.10 bits per heavy atom. The summed E-state index contributed by atoms with van der Waals surface area (Å²) in [6.45, 7) is 3.79. The van der Waals surface area contributed by atoms with Gasteiger partial charge in [0.15, 0.2) is 5.16 Å². The van der Waals surface area contributed by atoms with E-state index in [0.29, 0.717) is 21.4 Å². The highest BCUT2D eigenvalue weighted by Gasteiger charge is 2.19. The number of carbonyl (C=O) groups excluding carboxylic acids is 2. The molecule has 0 aliphatic heterocycles. The van der Waals surface area contributed by atoms with Crippen molar-refractivity contribution in [2.24, 2.45) is 0 Å². The molecule has 29 heavy (non-hydrogen) atoms. The maximum absolute atomic E-state index is 12.6. The molecule has 1 aliphatic carbocycles. The van der Waals surface area contributed by atoms with E-state index in [1.807, 2.05) is 19.9 Å². The molecule has 0 radical (unpaired) electrons. The minimum Gasteiger partial charge on any atom is -0.349 e. The summed E-state index contributed by atoms with van der Waals surface area (Å²) < 4.78 is 0. The van der Waals surface area contributed by atoms with Gasteiger partial charge in [-0.2, -0.15) is 0 Å². The highest BCUT2D eigenvalue weighted by Crippen LogP contribution is 2.23. The van der Waals surface area contributed by atoms with Crippen LogP contribution in [0.4, 0.5) is 5.69 Å². The molecule has 2 aromatic rings. The number of hydrogen-bond donors (Lipinski definition) is 2. The first-order valence-corrected chi connectivity index (χ1v) is 11.1. The van der Waals surface area contributed by atoms with Gasteiger partial charge in [-0.1, -0.05) is 42.6 Å². The fourth-order valence-corrected chi connectivity index (χ4v) is 4.33. The van der Waals surface area contributed by atoms with Crippen molar-refractivity contribution in [3.63, 3.8) is 0 Å². The SMILES string of the molecule is Cc1cc(C)nc(SCC(=O)Nc2ccc(Cl)c(C(=O)NC3CCCCC3)c2)n1. The first-order chi connectivity index (χ1) is 13.9. The number of aromatic nitrogens is 2. The molecule has 0 atom stereocenters. The molecule has 1 fully saturated rings. The van der Waals surface area contributed by atoms with E-state index in [1.54, 1.807) is 18.2 Å². The number of thioether (sulfide) groups is 1. The Labute approximate surface area is 180 Å². The van der Waals surface area contributed by atoms with Crippen LogP contribution in [0.3, 0.4) is 0 Å². The average molecular weight is 433 g/mol. The quantitative estimate of drug-likeness (QED) is 0.517. The Kier molecular flexibility index (Phi) is 7.50. The lowest BCUT2D eigenvalue weighted by molar-refractivity contribution is -0.113. The van der Waals surface area contributed by atoms with E-state index in [2.05, 4.69) is 20.6 Å². The van der Waals surface area contributed by atoms with E-state index in [-0.39, 0.29) is 23.6 Å². The van der Waals surface area contributed by atoms with Crippen molar-refractivity contribution in [1.29, 1.82) is 0 Å². The number of amides is 2. The Hall–Kier alpha value is -2.12.